The predicted octanol–water partition coefficient (Wildman–Crippen LogP) is 1.67. The van der Waals surface area contributed by atoms with Crippen LogP contribution in [0.15, 0.2) is 18.2 Å². The van der Waals surface area contributed by atoms with Crippen molar-refractivity contribution in [3.8, 4) is 5.75 Å². The maximum Gasteiger partial charge on any atom is 0.237 e. The molecule has 1 aliphatic rings. The summed E-state index contributed by atoms with van der Waals surface area (Å²) in [5, 5.41) is 3.00. The first-order valence-electron chi connectivity index (χ1n) is 6.37. The van der Waals surface area contributed by atoms with Crippen LogP contribution in [0.5, 0.6) is 5.75 Å². The molecule has 0 aromatic heterocycles. The van der Waals surface area contributed by atoms with Gasteiger partial charge in [0.15, 0.2) is 0 Å². The van der Waals surface area contributed by atoms with E-state index in [1.807, 2.05) is 19.1 Å². The molecule has 1 aromatic carbocycles. The van der Waals surface area contributed by atoms with E-state index in [0.717, 1.165) is 24.2 Å². The van der Waals surface area contributed by atoms with Gasteiger partial charge in [-0.05, 0) is 32.8 Å². The zero-order valence-corrected chi connectivity index (χ0v) is 10.9. The summed E-state index contributed by atoms with van der Waals surface area (Å²) in [5.74, 6) is 0.752. The van der Waals surface area contributed by atoms with E-state index in [1.165, 1.54) is 5.56 Å². The minimum absolute atomic E-state index is 0.000833. The molecule has 2 rings (SSSR count). The van der Waals surface area contributed by atoms with Crippen LogP contribution in [0, 0.1) is 6.92 Å². The Labute approximate surface area is 108 Å². The lowest BCUT2D eigenvalue weighted by atomic mass is 10.00. The molecule has 1 amide bonds. The van der Waals surface area contributed by atoms with Crippen molar-refractivity contribution in [1.82, 2.24) is 5.32 Å². The van der Waals surface area contributed by atoms with E-state index in [-0.39, 0.29) is 11.9 Å². The molecule has 1 heterocycles. The van der Waals surface area contributed by atoms with Crippen LogP contribution in [0.25, 0.3) is 0 Å². The smallest absolute Gasteiger partial charge is 0.237 e. The Morgan fingerprint density at radius 2 is 2.33 bits per heavy atom. The minimum Gasteiger partial charge on any atom is -0.493 e. The van der Waals surface area contributed by atoms with Crippen molar-refractivity contribution in [3.05, 3.63) is 29.3 Å². The van der Waals surface area contributed by atoms with Gasteiger partial charge in [-0.25, -0.2) is 0 Å². The fourth-order valence-electron chi connectivity index (χ4n) is 2.15. The number of benzene rings is 1. The second-order valence-corrected chi connectivity index (χ2v) is 4.88. The summed E-state index contributed by atoms with van der Waals surface area (Å²) in [6.45, 7) is 4.43. The van der Waals surface area contributed by atoms with Crippen molar-refractivity contribution in [2.24, 2.45) is 5.73 Å². The molecule has 0 radical (unpaired) electrons. The second kappa shape index (κ2) is 5.40. The van der Waals surface area contributed by atoms with E-state index >= 15 is 0 Å². The fraction of sp³-hybridized carbons (Fsp3) is 0.500. The minimum atomic E-state index is -0.484. The van der Waals surface area contributed by atoms with Crippen molar-refractivity contribution in [2.75, 3.05) is 6.61 Å². The van der Waals surface area contributed by atoms with Crippen molar-refractivity contribution in [3.63, 3.8) is 0 Å². The van der Waals surface area contributed by atoms with Gasteiger partial charge in [-0.15, -0.1) is 0 Å². The molecule has 0 saturated heterocycles. The number of hydrogen-bond acceptors (Lipinski definition) is 3. The molecule has 4 heteroatoms. The molecule has 4 nitrogen and oxygen atoms in total. The largest absolute Gasteiger partial charge is 0.493 e. The van der Waals surface area contributed by atoms with Crippen LogP contribution in [0.3, 0.4) is 0 Å². The number of ether oxygens (including phenoxy) is 1. The highest BCUT2D eigenvalue weighted by molar-refractivity contribution is 5.81. The lowest BCUT2D eigenvalue weighted by Crippen LogP contribution is -2.40. The third-order valence-corrected chi connectivity index (χ3v) is 3.17. The quantitative estimate of drug-likeness (QED) is 0.836. The number of amides is 1. The Bertz CT molecular complexity index is 443. The Kier molecular flexibility index (Phi) is 3.87. The van der Waals surface area contributed by atoms with E-state index < -0.39 is 6.04 Å². The average molecular weight is 248 g/mol. The summed E-state index contributed by atoms with van der Waals surface area (Å²) in [7, 11) is 0. The summed E-state index contributed by atoms with van der Waals surface area (Å²) >= 11 is 0. The van der Waals surface area contributed by atoms with E-state index in [9.17, 15) is 4.79 Å². The van der Waals surface area contributed by atoms with Crippen molar-refractivity contribution < 1.29 is 9.53 Å². The van der Waals surface area contributed by atoms with Crippen LogP contribution in [0.1, 0.15) is 36.9 Å². The number of carbonyl (C=O) groups is 1. The standard InChI is InChI=1S/C14H20N2O2/c1-9-5-6-13-11(8-9)12(4-3-7-18-13)16-14(17)10(2)15/h5-6,8,10,12H,3-4,7,15H2,1-2H3,(H,16,17). The molecule has 0 bridgehead atoms. The van der Waals surface area contributed by atoms with E-state index in [2.05, 4.69) is 11.4 Å². The van der Waals surface area contributed by atoms with Crippen LogP contribution in [-0.2, 0) is 4.79 Å². The summed E-state index contributed by atoms with van der Waals surface area (Å²) in [6.07, 6.45) is 1.81. The summed E-state index contributed by atoms with van der Waals surface area (Å²) in [5.41, 5.74) is 7.82. The number of fused-ring (bicyclic) bond motifs is 1. The van der Waals surface area contributed by atoms with Crippen molar-refractivity contribution >= 4 is 5.91 Å². The van der Waals surface area contributed by atoms with Gasteiger partial charge in [0.25, 0.3) is 0 Å². The topological polar surface area (TPSA) is 64.4 Å². The Morgan fingerprint density at radius 3 is 3.06 bits per heavy atom. The number of aryl methyl sites for hydroxylation is 1. The van der Waals surface area contributed by atoms with E-state index in [0.29, 0.717) is 6.61 Å². The first-order valence-corrected chi connectivity index (χ1v) is 6.37. The monoisotopic (exact) mass is 248 g/mol. The van der Waals surface area contributed by atoms with Gasteiger partial charge in [0, 0.05) is 5.56 Å². The van der Waals surface area contributed by atoms with Crippen molar-refractivity contribution in [1.29, 1.82) is 0 Å². The molecule has 2 unspecified atom stereocenters. The predicted molar refractivity (Wildman–Crippen MR) is 70.4 cm³/mol. The molecule has 0 aliphatic carbocycles. The van der Waals surface area contributed by atoms with Gasteiger partial charge in [-0.3, -0.25) is 4.79 Å². The summed E-state index contributed by atoms with van der Waals surface area (Å²) < 4.78 is 5.69. The second-order valence-electron chi connectivity index (χ2n) is 4.88. The number of nitrogens with one attached hydrogen (secondary N) is 1. The van der Waals surface area contributed by atoms with Crippen LogP contribution in [-0.4, -0.2) is 18.6 Å². The Balaban J connectivity index is 2.26. The van der Waals surface area contributed by atoms with Crippen LogP contribution in [0.2, 0.25) is 0 Å². The zero-order chi connectivity index (χ0) is 13.1. The molecule has 0 saturated carbocycles. The fourth-order valence-corrected chi connectivity index (χ4v) is 2.15. The molecule has 98 valence electrons. The molecule has 1 aliphatic heterocycles. The maximum atomic E-state index is 11.7. The highest BCUT2D eigenvalue weighted by atomic mass is 16.5. The molecule has 0 spiro atoms. The number of hydrogen-bond donors (Lipinski definition) is 2. The molecular formula is C14H20N2O2. The van der Waals surface area contributed by atoms with Gasteiger partial charge < -0.3 is 15.8 Å². The number of nitrogens with two attached hydrogens (primary N) is 1. The normalized spacial score (nSPS) is 20.3. The highest BCUT2D eigenvalue weighted by Gasteiger charge is 2.22. The summed E-state index contributed by atoms with van der Waals surface area (Å²) in [6, 6.07) is 5.59. The third-order valence-electron chi connectivity index (χ3n) is 3.17. The van der Waals surface area contributed by atoms with Gasteiger partial charge in [-0.1, -0.05) is 17.7 Å². The number of rotatable bonds is 2. The van der Waals surface area contributed by atoms with Gasteiger partial charge >= 0.3 is 0 Å². The lowest BCUT2D eigenvalue weighted by molar-refractivity contribution is -0.122. The van der Waals surface area contributed by atoms with E-state index in [1.54, 1.807) is 6.92 Å². The van der Waals surface area contributed by atoms with Gasteiger partial charge in [0.05, 0.1) is 18.7 Å². The molecule has 18 heavy (non-hydrogen) atoms. The highest BCUT2D eigenvalue weighted by Crippen LogP contribution is 2.32. The van der Waals surface area contributed by atoms with Crippen molar-refractivity contribution in [2.45, 2.75) is 38.8 Å². The first kappa shape index (κ1) is 12.9. The van der Waals surface area contributed by atoms with Crippen LogP contribution in [0.4, 0.5) is 0 Å². The number of carbonyl (C=O) groups excluding carboxylic acids is 1. The average Bonchev–Trinajstić information content (AvgIpc) is 2.52. The Morgan fingerprint density at radius 1 is 1.56 bits per heavy atom. The molecular weight excluding hydrogens is 228 g/mol. The van der Waals surface area contributed by atoms with Gasteiger partial charge in [0.1, 0.15) is 5.75 Å². The van der Waals surface area contributed by atoms with Gasteiger partial charge in [-0.2, -0.15) is 0 Å². The first-order chi connectivity index (χ1) is 8.58. The maximum absolute atomic E-state index is 11.7. The molecule has 0 fully saturated rings. The lowest BCUT2D eigenvalue weighted by Gasteiger charge is -2.20. The van der Waals surface area contributed by atoms with E-state index in [4.69, 9.17) is 10.5 Å². The summed E-state index contributed by atoms with van der Waals surface area (Å²) in [4.78, 5) is 11.7. The van der Waals surface area contributed by atoms with Gasteiger partial charge in [0.2, 0.25) is 5.91 Å². The zero-order valence-electron chi connectivity index (χ0n) is 10.9. The SMILES string of the molecule is Cc1ccc2c(c1)C(NC(=O)C(C)N)CCCO2. The molecule has 1 aromatic rings. The van der Waals surface area contributed by atoms with Crippen LogP contribution < -0.4 is 15.8 Å². The Hall–Kier alpha value is -1.55. The van der Waals surface area contributed by atoms with Crippen LogP contribution >= 0.6 is 0 Å². The molecule has 3 N–H and O–H groups in total. The molecule has 2 atom stereocenters. The third kappa shape index (κ3) is 2.82.